The van der Waals surface area contributed by atoms with Gasteiger partial charge in [0.1, 0.15) is 6.33 Å². The van der Waals surface area contributed by atoms with Gasteiger partial charge in [0.05, 0.1) is 22.4 Å². The van der Waals surface area contributed by atoms with Crippen LogP contribution in [0.4, 0.5) is 5.69 Å². The molecule has 4 heterocycles. The number of fused-ring (bicyclic) bond motifs is 1. The highest BCUT2D eigenvalue weighted by atomic mass is 16.1. The maximum Gasteiger partial charge on any atom is 0.228 e. The Kier molecular flexibility index (Phi) is 6.30. The molecule has 1 fully saturated rings. The number of carbonyl (C=O) groups excluding carboxylic acids is 1. The fourth-order valence-electron chi connectivity index (χ4n) is 4.79. The molecule has 1 saturated heterocycles. The van der Waals surface area contributed by atoms with Gasteiger partial charge < -0.3 is 14.8 Å². The third kappa shape index (κ3) is 4.66. The molecule has 5 rings (SSSR count). The van der Waals surface area contributed by atoms with Crippen molar-refractivity contribution in [3.8, 4) is 11.3 Å². The van der Waals surface area contributed by atoms with Crippen molar-refractivity contribution >= 4 is 22.5 Å². The minimum absolute atomic E-state index is 0.166. The van der Waals surface area contributed by atoms with Crippen molar-refractivity contribution in [1.82, 2.24) is 29.8 Å². The number of aromatic amines is 1. The summed E-state index contributed by atoms with van der Waals surface area (Å²) in [5, 5.41) is 0. The average molecular weight is 470 g/mol. The average Bonchev–Trinajstić information content (AvgIpc) is 3.32. The zero-order valence-electron chi connectivity index (χ0n) is 20.7. The van der Waals surface area contributed by atoms with Gasteiger partial charge in [-0.15, -0.1) is 0 Å². The summed E-state index contributed by atoms with van der Waals surface area (Å²) in [6.45, 7) is 6.20. The first-order valence-corrected chi connectivity index (χ1v) is 12.1. The van der Waals surface area contributed by atoms with Crippen LogP contribution in [0, 0.1) is 0 Å². The third-order valence-corrected chi connectivity index (χ3v) is 6.83. The van der Waals surface area contributed by atoms with E-state index in [1.165, 1.54) is 0 Å². The predicted molar refractivity (Wildman–Crippen MR) is 138 cm³/mol. The van der Waals surface area contributed by atoms with Gasteiger partial charge in [0.25, 0.3) is 0 Å². The number of piperidine rings is 1. The molecule has 0 spiro atoms. The molecule has 1 N–H and O–H groups in total. The van der Waals surface area contributed by atoms with Gasteiger partial charge in [-0.25, -0.2) is 15.0 Å². The van der Waals surface area contributed by atoms with Gasteiger partial charge in [-0.3, -0.25) is 9.78 Å². The number of rotatable bonds is 6. The lowest BCUT2D eigenvalue weighted by Gasteiger charge is -2.36. The first kappa shape index (κ1) is 23.1. The Balaban J connectivity index is 1.40. The first-order valence-electron chi connectivity index (χ1n) is 12.1. The highest BCUT2D eigenvalue weighted by molar-refractivity contribution is 6.08. The molecule has 8 nitrogen and oxygen atoms in total. The summed E-state index contributed by atoms with van der Waals surface area (Å²) in [6.07, 6.45) is 7.24. The Labute approximate surface area is 205 Å². The minimum Gasteiger partial charge on any atom is -0.371 e. The number of aromatic nitrogens is 5. The molecule has 0 unspecified atom stereocenters. The number of hydrogen-bond acceptors (Lipinski definition) is 7. The Morgan fingerprint density at radius 3 is 2.66 bits per heavy atom. The van der Waals surface area contributed by atoms with Crippen molar-refractivity contribution in [1.29, 1.82) is 0 Å². The van der Waals surface area contributed by atoms with Crippen LogP contribution < -0.4 is 4.90 Å². The lowest BCUT2D eigenvalue weighted by Crippen LogP contribution is -2.41. The minimum atomic E-state index is -0.166. The first-order chi connectivity index (χ1) is 16.9. The Hall–Kier alpha value is -3.65. The van der Waals surface area contributed by atoms with Gasteiger partial charge in [0, 0.05) is 48.3 Å². The fraction of sp³-hybridized carbons (Fsp3) is 0.370. The van der Waals surface area contributed by atoms with Crippen LogP contribution in [0.25, 0.3) is 22.3 Å². The van der Waals surface area contributed by atoms with E-state index in [-0.39, 0.29) is 11.7 Å². The van der Waals surface area contributed by atoms with E-state index >= 15 is 0 Å². The number of H-pyrrole nitrogens is 1. The number of nitrogens with one attached hydrogen (secondary N) is 1. The van der Waals surface area contributed by atoms with E-state index in [1.54, 1.807) is 30.9 Å². The van der Waals surface area contributed by atoms with Crippen LogP contribution in [-0.2, 0) is 0 Å². The van der Waals surface area contributed by atoms with Crippen LogP contribution in [0.2, 0.25) is 0 Å². The summed E-state index contributed by atoms with van der Waals surface area (Å²) in [4.78, 5) is 38.9. The highest BCUT2D eigenvalue weighted by Gasteiger charge is 2.22. The number of ketones is 1. The number of benzene rings is 1. The topological polar surface area (TPSA) is 90.9 Å². The van der Waals surface area contributed by atoms with Gasteiger partial charge >= 0.3 is 0 Å². The van der Waals surface area contributed by atoms with E-state index in [2.05, 4.69) is 74.8 Å². The number of carbonyl (C=O) groups is 1. The molecule has 8 heteroatoms. The molecule has 1 aliphatic heterocycles. The molecule has 1 aliphatic rings. The van der Waals surface area contributed by atoms with Crippen molar-refractivity contribution in [3.63, 3.8) is 0 Å². The number of pyridine rings is 1. The van der Waals surface area contributed by atoms with E-state index in [0.29, 0.717) is 23.1 Å². The maximum absolute atomic E-state index is 13.3. The van der Waals surface area contributed by atoms with Gasteiger partial charge in [-0.05, 0) is 63.2 Å². The van der Waals surface area contributed by atoms with Gasteiger partial charge in [-0.1, -0.05) is 13.8 Å². The zero-order chi connectivity index (χ0) is 24.5. The van der Waals surface area contributed by atoms with Crippen LogP contribution in [0.3, 0.4) is 0 Å². The number of nitrogens with zero attached hydrogens (tertiary/aromatic N) is 6. The maximum atomic E-state index is 13.3. The van der Waals surface area contributed by atoms with Crippen LogP contribution in [0.15, 0.2) is 49.1 Å². The van der Waals surface area contributed by atoms with Crippen LogP contribution in [0.1, 0.15) is 54.5 Å². The van der Waals surface area contributed by atoms with E-state index < -0.39 is 0 Å². The molecular weight excluding hydrogens is 438 g/mol. The molecule has 4 aromatic rings. The van der Waals surface area contributed by atoms with Crippen LogP contribution >= 0.6 is 0 Å². The molecule has 0 radical (unpaired) electrons. The molecule has 1 aromatic carbocycles. The third-order valence-electron chi connectivity index (χ3n) is 6.83. The van der Waals surface area contributed by atoms with E-state index in [1.807, 2.05) is 6.07 Å². The largest absolute Gasteiger partial charge is 0.371 e. The Bertz CT molecular complexity index is 1350. The standard InChI is InChI=1S/C27H31N7O/c1-17(2)25-21(15-28-16-30-25)23-13-18(7-10-29-23)26(35)27-31-22-6-5-20(14-24(22)32-27)34-11-8-19(9-12-34)33(3)4/h5-7,10,13-17,19H,8-9,11-12H2,1-4H3,(H,31,32). The molecule has 3 aromatic heterocycles. The lowest BCUT2D eigenvalue weighted by atomic mass is 10.0. The predicted octanol–water partition coefficient (Wildman–Crippen LogP) is 4.30. The van der Waals surface area contributed by atoms with Crippen LogP contribution in [0.5, 0.6) is 0 Å². The normalized spacial score (nSPS) is 14.9. The molecule has 180 valence electrons. The highest BCUT2D eigenvalue weighted by Crippen LogP contribution is 2.27. The van der Waals surface area contributed by atoms with Crippen molar-refractivity contribution < 1.29 is 4.79 Å². The second kappa shape index (κ2) is 9.54. The molecule has 0 bridgehead atoms. The SMILES string of the molecule is CC(C)c1ncncc1-c1cc(C(=O)c2nc3ccc(N4CCC(N(C)C)CC4)cc3[nH]2)ccn1. The summed E-state index contributed by atoms with van der Waals surface area (Å²) in [6, 6.07) is 10.3. The lowest BCUT2D eigenvalue weighted by molar-refractivity contribution is 0.103. The van der Waals surface area contributed by atoms with Gasteiger partial charge in [0.2, 0.25) is 5.78 Å². The Morgan fingerprint density at radius 2 is 1.91 bits per heavy atom. The second-order valence-corrected chi connectivity index (χ2v) is 9.70. The summed E-state index contributed by atoms with van der Waals surface area (Å²) in [5.41, 5.74) is 5.76. The van der Waals surface area contributed by atoms with Gasteiger partial charge in [-0.2, -0.15) is 0 Å². The molecule has 0 atom stereocenters. The van der Waals surface area contributed by atoms with Crippen molar-refractivity contribution in [3.05, 3.63) is 66.1 Å². The summed E-state index contributed by atoms with van der Waals surface area (Å²) >= 11 is 0. The summed E-state index contributed by atoms with van der Waals surface area (Å²) in [7, 11) is 4.30. The molecule has 35 heavy (non-hydrogen) atoms. The zero-order valence-corrected chi connectivity index (χ0v) is 20.7. The summed E-state index contributed by atoms with van der Waals surface area (Å²) < 4.78 is 0. The van der Waals surface area contributed by atoms with Crippen molar-refractivity contribution in [2.45, 2.75) is 38.6 Å². The quantitative estimate of drug-likeness (QED) is 0.421. The smallest absolute Gasteiger partial charge is 0.228 e. The molecular formula is C27H31N7O. The van der Waals surface area contributed by atoms with E-state index in [9.17, 15) is 4.79 Å². The van der Waals surface area contributed by atoms with Gasteiger partial charge in [0.15, 0.2) is 5.82 Å². The molecule has 0 amide bonds. The fourth-order valence-corrected chi connectivity index (χ4v) is 4.79. The van der Waals surface area contributed by atoms with E-state index in [0.717, 1.165) is 53.9 Å². The van der Waals surface area contributed by atoms with Crippen molar-refractivity contribution in [2.24, 2.45) is 0 Å². The number of anilines is 1. The van der Waals surface area contributed by atoms with Crippen molar-refractivity contribution in [2.75, 3.05) is 32.1 Å². The molecule has 0 aliphatic carbocycles. The molecule has 0 saturated carbocycles. The number of imidazole rings is 1. The Morgan fingerprint density at radius 1 is 1.11 bits per heavy atom. The monoisotopic (exact) mass is 469 g/mol. The van der Waals surface area contributed by atoms with Crippen LogP contribution in [-0.4, -0.2) is 68.8 Å². The van der Waals surface area contributed by atoms with E-state index in [4.69, 9.17) is 0 Å². The number of hydrogen-bond donors (Lipinski definition) is 1. The second-order valence-electron chi connectivity index (χ2n) is 9.70. The summed E-state index contributed by atoms with van der Waals surface area (Å²) in [5.74, 6) is 0.377.